The van der Waals surface area contributed by atoms with Gasteiger partial charge in [0.05, 0.1) is 17.4 Å². The molecule has 25 heavy (non-hydrogen) atoms. The van der Waals surface area contributed by atoms with Crippen molar-refractivity contribution in [3.05, 3.63) is 48.2 Å². The van der Waals surface area contributed by atoms with E-state index in [1.807, 2.05) is 38.9 Å². The third-order valence-electron chi connectivity index (χ3n) is 3.64. The number of rotatable bonds is 6. The number of nitriles is 1. The van der Waals surface area contributed by atoms with E-state index < -0.39 is 6.10 Å². The molecular weight excluding hydrogens is 316 g/mol. The van der Waals surface area contributed by atoms with Gasteiger partial charge in [-0.05, 0) is 30.2 Å². The highest BCUT2D eigenvalue weighted by molar-refractivity contribution is 5.93. The second-order valence-electron chi connectivity index (χ2n) is 6.18. The Hall–Kier alpha value is -3.07. The molecule has 1 atom stereocenters. The molecule has 2 rings (SSSR count). The lowest BCUT2D eigenvalue weighted by Gasteiger charge is -2.22. The third-order valence-corrected chi connectivity index (χ3v) is 3.64. The number of hydrogen-bond acceptors (Lipinski definition) is 5. The lowest BCUT2D eigenvalue weighted by molar-refractivity contribution is -0.124. The first kappa shape index (κ1) is 18.3. The molecule has 2 aromatic rings. The second kappa shape index (κ2) is 8.15. The molecule has 0 radical (unpaired) electrons. The molecular formula is C19H22N4O2. The lowest BCUT2D eigenvalue weighted by atomic mass is 10.1. The van der Waals surface area contributed by atoms with Gasteiger partial charge in [-0.3, -0.25) is 4.79 Å². The van der Waals surface area contributed by atoms with E-state index in [9.17, 15) is 4.79 Å². The molecule has 1 aromatic carbocycles. The van der Waals surface area contributed by atoms with Crippen LogP contribution in [0.15, 0.2) is 42.6 Å². The maximum atomic E-state index is 12.6. The van der Waals surface area contributed by atoms with Gasteiger partial charge in [0.2, 0.25) is 0 Å². The van der Waals surface area contributed by atoms with E-state index in [0.29, 0.717) is 17.1 Å². The van der Waals surface area contributed by atoms with Gasteiger partial charge in [-0.15, -0.1) is 0 Å². The van der Waals surface area contributed by atoms with E-state index in [2.05, 4.69) is 16.4 Å². The van der Waals surface area contributed by atoms with E-state index in [1.165, 1.54) is 0 Å². The molecule has 1 N–H and O–H groups in total. The molecule has 1 aromatic heterocycles. The van der Waals surface area contributed by atoms with Gasteiger partial charge in [0.15, 0.2) is 6.10 Å². The minimum absolute atomic E-state index is 0.0761. The van der Waals surface area contributed by atoms with E-state index in [-0.39, 0.29) is 11.8 Å². The van der Waals surface area contributed by atoms with Gasteiger partial charge >= 0.3 is 0 Å². The molecule has 0 aliphatic rings. The van der Waals surface area contributed by atoms with Crippen LogP contribution in [0, 0.1) is 17.2 Å². The van der Waals surface area contributed by atoms with Crippen molar-refractivity contribution in [2.45, 2.75) is 20.0 Å². The fourth-order valence-electron chi connectivity index (χ4n) is 2.21. The third kappa shape index (κ3) is 4.70. The number of ether oxygens (including phenoxy) is 1. The van der Waals surface area contributed by atoms with Gasteiger partial charge in [-0.2, -0.15) is 5.26 Å². The average molecular weight is 338 g/mol. The molecule has 0 unspecified atom stereocenters. The monoisotopic (exact) mass is 338 g/mol. The molecule has 0 saturated heterocycles. The van der Waals surface area contributed by atoms with Crippen molar-refractivity contribution in [3.63, 3.8) is 0 Å². The van der Waals surface area contributed by atoms with E-state index >= 15 is 0 Å². The molecule has 0 spiro atoms. The fourth-order valence-corrected chi connectivity index (χ4v) is 2.21. The number of carbonyl (C=O) groups is 1. The zero-order valence-corrected chi connectivity index (χ0v) is 14.9. The summed E-state index contributed by atoms with van der Waals surface area (Å²) in [5, 5.41) is 11.9. The van der Waals surface area contributed by atoms with Crippen LogP contribution in [0.3, 0.4) is 0 Å². The standard InChI is InChI=1S/C19H22N4O2/c1-13(2)18(25-16-8-6-5-7-14(16)11-20)19(24)22-17-10-9-15(12-21-17)23(3)4/h5-10,12-13,18H,1-4H3,(H,21,22,24)/t18-/m0/s1. The Labute approximate surface area is 148 Å². The van der Waals surface area contributed by atoms with Crippen molar-refractivity contribution in [2.24, 2.45) is 5.92 Å². The van der Waals surface area contributed by atoms with Crippen LogP contribution in [0.25, 0.3) is 0 Å². The van der Waals surface area contributed by atoms with Crippen molar-refractivity contribution >= 4 is 17.4 Å². The molecule has 1 amide bonds. The van der Waals surface area contributed by atoms with Crippen molar-refractivity contribution in [3.8, 4) is 11.8 Å². The Balaban J connectivity index is 2.14. The number of hydrogen-bond donors (Lipinski definition) is 1. The van der Waals surface area contributed by atoms with Gasteiger partial charge in [-0.1, -0.05) is 26.0 Å². The number of anilines is 2. The number of para-hydroxylation sites is 1. The van der Waals surface area contributed by atoms with E-state index in [1.54, 1.807) is 36.5 Å². The molecule has 130 valence electrons. The van der Waals surface area contributed by atoms with Crippen molar-refractivity contribution in [1.29, 1.82) is 5.26 Å². The highest BCUT2D eigenvalue weighted by Gasteiger charge is 2.25. The van der Waals surface area contributed by atoms with Crippen LogP contribution < -0.4 is 15.0 Å². The zero-order valence-electron chi connectivity index (χ0n) is 14.9. The van der Waals surface area contributed by atoms with Crippen LogP contribution in [0.4, 0.5) is 11.5 Å². The Morgan fingerprint density at radius 1 is 1.24 bits per heavy atom. The second-order valence-corrected chi connectivity index (χ2v) is 6.18. The number of benzene rings is 1. The highest BCUT2D eigenvalue weighted by atomic mass is 16.5. The number of pyridine rings is 1. The van der Waals surface area contributed by atoms with Gasteiger partial charge in [0, 0.05) is 14.1 Å². The maximum Gasteiger partial charge on any atom is 0.266 e. The SMILES string of the molecule is CC(C)[C@H](Oc1ccccc1C#N)C(=O)Nc1ccc(N(C)C)cn1. The van der Waals surface area contributed by atoms with Crippen molar-refractivity contribution in [2.75, 3.05) is 24.3 Å². The molecule has 1 heterocycles. The first-order valence-electron chi connectivity index (χ1n) is 8.02. The van der Waals surface area contributed by atoms with E-state index in [4.69, 9.17) is 10.00 Å². The Morgan fingerprint density at radius 2 is 1.96 bits per heavy atom. The normalized spacial score (nSPS) is 11.5. The number of aromatic nitrogens is 1. The lowest BCUT2D eigenvalue weighted by Crippen LogP contribution is -2.37. The number of nitrogens with one attached hydrogen (secondary N) is 1. The highest BCUT2D eigenvalue weighted by Crippen LogP contribution is 2.21. The first-order valence-corrected chi connectivity index (χ1v) is 8.02. The predicted molar refractivity (Wildman–Crippen MR) is 97.6 cm³/mol. The van der Waals surface area contributed by atoms with Gasteiger partial charge in [0.25, 0.3) is 5.91 Å². The molecule has 0 fully saturated rings. The molecule has 0 aliphatic heterocycles. The van der Waals surface area contributed by atoms with Crippen LogP contribution in [-0.4, -0.2) is 31.1 Å². The zero-order chi connectivity index (χ0) is 18.4. The van der Waals surface area contributed by atoms with Gasteiger partial charge < -0.3 is 15.0 Å². The van der Waals surface area contributed by atoms with Crippen LogP contribution in [0.1, 0.15) is 19.4 Å². The van der Waals surface area contributed by atoms with Crippen LogP contribution in [-0.2, 0) is 4.79 Å². The van der Waals surface area contributed by atoms with Crippen molar-refractivity contribution < 1.29 is 9.53 Å². The maximum absolute atomic E-state index is 12.6. The summed E-state index contributed by atoms with van der Waals surface area (Å²) in [7, 11) is 3.84. The smallest absolute Gasteiger partial charge is 0.266 e. The Kier molecular flexibility index (Phi) is 5.96. The summed E-state index contributed by atoms with van der Waals surface area (Å²) in [6.45, 7) is 3.78. The minimum Gasteiger partial charge on any atom is -0.479 e. The summed E-state index contributed by atoms with van der Waals surface area (Å²) >= 11 is 0. The van der Waals surface area contributed by atoms with Crippen LogP contribution in [0.5, 0.6) is 5.75 Å². The predicted octanol–water partition coefficient (Wildman–Crippen LogP) is 3.06. The number of nitrogens with zero attached hydrogens (tertiary/aromatic N) is 3. The van der Waals surface area contributed by atoms with E-state index in [0.717, 1.165) is 5.69 Å². The largest absolute Gasteiger partial charge is 0.479 e. The fraction of sp³-hybridized carbons (Fsp3) is 0.316. The van der Waals surface area contributed by atoms with Crippen LogP contribution >= 0.6 is 0 Å². The van der Waals surface area contributed by atoms with Crippen LogP contribution in [0.2, 0.25) is 0 Å². The Bertz CT molecular complexity index is 764. The summed E-state index contributed by atoms with van der Waals surface area (Å²) in [5.41, 5.74) is 1.34. The number of amides is 1. The first-order chi connectivity index (χ1) is 11.9. The minimum atomic E-state index is -0.732. The molecule has 6 heteroatoms. The summed E-state index contributed by atoms with van der Waals surface area (Å²) in [5.74, 6) is 0.480. The van der Waals surface area contributed by atoms with Gasteiger partial charge in [0.1, 0.15) is 17.6 Å². The van der Waals surface area contributed by atoms with Gasteiger partial charge in [-0.25, -0.2) is 4.98 Å². The quantitative estimate of drug-likeness (QED) is 0.876. The summed E-state index contributed by atoms with van der Waals surface area (Å²) in [4.78, 5) is 18.8. The summed E-state index contributed by atoms with van der Waals surface area (Å²) in [6.07, 6.45) is 0.955. The molecule has 0 bridgehead atoms. The topological polar surface area (TPSA) is 78.2 Å². The average Bonchev–Trinajstić information content (AvgIpc) is 2.60. The molecule has 0 aliphatic carbocycles. The summed E-state index contributed by atoms with van der Waals surface area (Å²) < 4.78 is 5.82. The number of carbonyl (C=O) groups excluding carboxylic acids is 1. The Morgan fingerprint density at radius 3 is 2.52 bits per heavy atom. The summed E-state index contributed by atoms with van der Waals surface area (Å²) in [6, 6.07) is 12.6. The molecule has 6 nitrogen and oxygen atoms in total. The van der Waals surface area contributed by atoms with Crippen molar-refractivity contribution in [1.82, 2.24) is 4.98 Å². The molecule has 0 saturated carbocycles.